The second-order valence-corrected chi connectivity index (χ2v) is 10.1. The molecular weight excluding hydrogens is 436 g/mol. The summed E-state index contributed by atoms with van der Waals surface area (Å²) in [7, 11) is 0. The highest BCUT2D eigenvalue weighted by Gasteiger charge is 2.22. The van der Waals surface area contributed by atoms with Crippen LogP contribution in [0.2, 0.25) is 0 Å². The predicted molar refractivity (Wildman–Crippen MR) is 149 cm³/mol. The standard InChI is InChI=1S/C31H56O4/c1-3-5-6-7-8-9-10-11-12-13-14-15-16-17-18-19-20-21-22-23-24-25-26-29(28-30(32)33)31(34)35-27-4-2/h4,9-10,29H,2-3,5-8,11-28H2,1H3,(H,32,33)/b10-9+. The number of unbranched alkanes of at least 4 members (excludes halogenated alkanes) is 18. The van der Waals surface area contributed by atoms with Crippen molar-refractivity contribution in [2.24, 2.45) is 5.92 Å². The smallest absolute Gasteiger partial charge is 0.309 e. The van der Waals surface area contributed by atoms with Crippen LogP contribution in [0.5, 0.6) is 0 Å². The van der Waals surface area contributed by atoms with Gasteiger partial charge in [0.05, 0.1) is 12.3 Å². The summed E-state index contributed by atoms with van der Waals surface area (Å²) in [5, 5.41) is 9.01. The molecule has 204 valence electrons. The molecule has 0 bridgehead atoms. The maximum absolute atomic E-state index is 11.9. The van der Waals surface area contributed by atoms with Crippen LogP contribution in [0.3, 0.4) is 0 Å². The molecule has 0 aliphatic carbocycles. The van der Waals surface area contributed by atoms with Crippen molar-refractivity contribution >= 4 is 11.9 Å². The normalized spacial score (nSPS) is 12.1. The molecule has 0 amide bonds. The lowest BCUT2D eigenvalue weighted by atomic mass is 9.97. The van der Waals surface area contributed by atoms with E-state index in [1.165, 1.54) is 115 Å². The lowest BCUT2D eigenvalue weighted by Crippen LogP contribution is -2.21. The van der Waals surface area contributed by atoms with E-state index in [0.29, 0.717) is 6.42 Å². The molecule has 0 aromatic heterocycles. The monoisotopic (exact) mass is 492 g/mol. The summed E-state index contributed by atoms with van der Waals surface area (Å²) >= 11 is 0. The van der Waals surface area contributed by atoms with E-state index in [1.807, 2.05) is 0 Å². The third-order valence-corrected chi connectivity index (χ3v) is 6.66. The van der Waals surface area contributed by atoms with Crippen LogP contribution in [-0.4, -0.2) is 23.7 Å². The fraction of sp³-hybridized carbons (Fsp3) is 0.806. The number of hydrogen-bond donors (Lipinski definition) is 1. The average molecular weight is 493 g/mol. The number of aliphatic carboxylic acids is 1. The van der Waals surface area contributed by atoms with Crippen LogP contribution in [0, 0.1) is 5.92 Å². The third kappa shape index (κ3) is 25.3. The van der Waals surface area contributed by atoms with Gasteiger partial charge < -0.3 is 9.84 Å². The highest BCUT2D eigenvalue weighted by Crippen LogP contribution is 2.18. The molecule has 35 heavy (non-hydrogen) atoms. The number of rotatable bonds is 27. The summed E-state index contributed by atoms with van der Waals surface area (Å²) in [6.07, 6.45) is 32.7. The number of carboxylic acid groups (broad SMARTS) is 1. The van der Waals surface area contributed by atoms with Gasteiger partial charge in [0.15, 0.2) is 0 Å². The van der Waals surface area contributed by atoms with E-state index in [1.54, 1.807) is 0 Å². The molecule has 0 aromatic carbocycles. The topological polar surface area (TPSA) is 63.6 Å². The minimum absolute atomic E-state index is 0.145. The van der Waals surface area contributed by atoms with Crippen LogP contribution in [0.25, 0.3) is 0 Å². The van der Waals surface area contributed by atoms with E-state index in [9.17, 15) is 9.59 Å². The van der Waals surface area contributed by atoms with E-state index in [2.05, 4.69) is 25.7 Å². The number of carbonyl (C=O) groups excluding carboxylic acids is 1. The summed E-state index contributed by atoms with van der Waals surface area (Å²) in [5.74, 6) is -1.89. The summed E-state index contributed by atoms with van der Waals surface area (Å²) in [6.45, 7) is 5.93. The highest BCUT2D eigenvalue weighted by atomic mass is 16.5. The van der Waals surface area contributed by atoms with Crippen LogP contribution in [0.15, 0.2) is 24.8 Å². The molecule has 0 aliphatic rings. The van der Waals surface area contributed by atoms with E-state index < -0.39 is 17.9 Å². The second-order valence-electron chi connectivity index (χ2n) is 10.1. The number of esters is 1. The first kappa shape index (κ1) is 33.4. The molecule has 1 N–H and O–H groups in total. The molecule has 0 radical (unpaired) electrons. The zero-order chi connectivity index (χ0) is 25.8. The van der Waals surface area contributed by atoms with Gasteiger partial charge in [-0.25, -0.2) is 0 Å². The van der Waals surface area contributed by atoms with Gasteiger partial charge in [0.25, 0.3) is 0 Å². The predicted octanol–water partition coefficient (Wildman–Crippen LogP) is 9.57. The molecule has 0 aliphatic heterocycles. The maximum atomic E-state index is 11.9. The SMILES string of the molecule is C=CCOC(=O)C(CCCCCCCCCCCCCCCC/C=C/CCCCCC)CC(=O)O. The van der Waals surface area contributed by atoms with Gasteiger partial charge >= 0.3 is 11.9 Å². The first-order chi connectivity index (χ1) is 17.1. The number of carbonyl (C=O) groups is 2. The summed E-state index contributed by atoms with van der Waals surface area (Å²) in [6, 6.07) is 0. The molecule has 0 spiro atoms. The molecule has 1 atom stereocenters. The first-order valence-electron chi connectivity index (χ1n) is 14.8. The van der Waals surface area contributed by atoms with E-state index in [0.717, 1.165) is 19.3 Å². The van der Waals surface area contributed by atoms with Crippen molar-refractivity contribution in [2.75, 3.05) is 6.61 Å². The van der Waals surface area contributed by atoms with Gasteiger partial charge in [0.2, 0.25) is 0 Å². The fourth-order valence-corrected chi connectivity index (χ4v) is 4.47. The molecule has 0 fully saturated rings. The lowest BCUT2D eigenvalue weighted by molar-refractivity contribution is -0.152. The zero-order valence-corrected chi connectivity index (χ0v) is 23.0. The Morgan fingerprint density at radius 1 is 0.714 bits per heavy atom. The molecule has 0 rings (SSSR count). The number of allylic oxidation sites excluding steroid dienone is 2. The molecule has 0 heterocycles. The van der Waals surface area contributed by atoms with Crippen molar-refractivity contribution in [1.29, 1.82) is 0 Å². The Bertz CT molecular complexity index is 526. The van der Waals surface area contributed by atoms with Gasteiger partial charge in [-0.05, 0) is 32.1 Å². The second kappa shape index (κ2) is 27.0. The Labute approximate surface area is 217 Å². The minimum atomic E-state index is -0.943. The van der Waals surface area contributed by atoms with Gasteiger partial charge in [-0.3, -0.25) is 9.59 Å². The summed E-state index contributed by atoms with van der Waals surface area (Å²) in [5.41, 5.74) is 0. The lowest BCUT2D eigenvalue weighted by Gasteiger charge is -2.13. The Hall–Kier alpha value is -1.58. The van der Waals surface area contributed by atoms with Crippen molar-refractivity contribution < 1.29 is 19.4 Å². The quantitative estimate of drug-likeness (QED) is 0.0704. The fourth-order valence-electron chi connectivity index (χ4n) is 4.47. The zero-order valence-electron chi connectivity index (χ0n) is 23.0. The van der Waals surface area contributed by atoms with Gasteiger partial charge in [-0.15, -0.1) is 0 Å². The van der Waals surface area contributed by atoms with Crippen LogP contribution in [0.4, 0.5) is 0 Å². The Kier molecular flexibility index (Phi) is 25.8. The van der Waals surface area contributed by atoms with Gasteiger partial charge in [-0.1, -0.05) is 134 Å². The van der Waals surface area contributed by atoms with Gasteiger partial charge in [-0.2, -0.15) is 0 Å². The first-order valence-corrected chi connectivity index (χ1v) is 14.8. The van der Waals surface area contributed by atoms with Crippen molar-refractivity contribution in [3.8, 4) is 0 Å². The Balaban J connectivity index is 3.40. The molecule has 1 unspecified atom stereocenters. The minimum Gasteiger partial charge on any atom is -0.481 e. The molecule has 0 saturated carbocycles. The van der Waals surface area contributed by atoms with E-state index in [-0.39, 0.29) is 13.0 Å². The van der Waals surface area contributed by atoms with Crippen molar-refractivity contribution in [3.63, 3.8) is 0 Å². The number of carboxylic acids is 1. The van der Waals surface area contributed by atoms with Crippen LogP contribution in [0.1, 0.15) is 148 Å². The van der Waals surface area contributed by atoms with Crippen LogP contribution < -0.4 is 0 Å². The Morgan fingerprint density at radius 3 is 1.57 bits per heavy atom. The van der Waals surface area contributed by atoms with Crippen molar-refractivity contribution in [1.82, 2.24) is 0 Å². The maximum Gasteiger partial charge on any atom is 0.309 e. The molecule has 4 heteroatoms. The number of ether oxygens (including phenoxy) is 1. The van der Waals surface area contributed by atoms with Gasteiger partial charge in [0, 0.05) is 0 Å². The molecule has 0 aromatic rings. The summed E-state index contributed by atoms with van der Waals surface area (Å²) < 4.78 is 5.03. The Morgan fingerprint density at radius 2 is 1.14 bits per heavy atom. The van der Waals surface area contributed by atoms with Crippen LogP contribution in [-0.2, 0) is 14.3 Å². The molecular formula is C31H56O4. The van der Waals surface area contributed by atoms with Gasteiger partial charge in [0.1, 0.15) is 6.61 Å². The number of hydrogen-bond acceptors (Lipinski definition) is 3. The summed E-state index contributed by atoms with van der Waals surface area (Å²) in [4.78, 5) is 22.9. The van der Waals surface area contributed by atoms with E-state index in [4.69, 9.17) is 9.84 Å². The van der Waals surface area contributed by atoms with Crippen molar-refractivity contribution in [2.45, 2.75) is 148 Å². The molecule has 0 saturated heterocycles. The van der Waals surface area contributed by atoms with Crippen LogP contribution >= 0.6 is 0 Å². The largest absolute Gasteiger partial charge is 0.481 e. The van der Waals surface area contributed by atoms with E-state index >= 15 is 0 Å². The average Bonchev–Trinajstić information content (AvgIpc) is 2.84. The molecule has 4 nitrogen and oxygen atoms in total. The van der Waals surface area contributed by atoms with Crippen molar-refractivity contribution in [3.05, 3.63) is 24.8 Å². The highest BCUT2D eigenvalue weighted by molar-refractivity contribution is 5.79. The third-order valence-electron chi connectivity index (χ3n) is 6.66.